The van der Waals surface area contributed by atoms with Gasteiger partial charge >= 0.3 is 0 Å². The van der Waals surface area contributed by atoms with Crippen molar-refractivity contribution < 1.29 is 4.79 Å². The number of hydrogen-bond donors (Lipinski definition) is 1. The van der Waals surface area contributed by atoms with E-state index in [1.54, 1.807) is 11.3 Å². The molecule has 4 heteroatoms. The lowest BCUT2D eigenvalue weighted by atomic mass is 10.1. The molecule has 0 aliphatic heterocycles. The number of anilines is 1. The summed E-state index contributed by atoms with van der Waals surface area (Å²) < 4.78 is 0. The summed E-state index contributed by atoms with van der Waals surface area (Å²) in [6, 6.07) is 8.18. The molecule has 1 aliphatic carbocycles. The average molecular weight is 286 g/mol. The van der Waals surface area contributed by atoms with Crippen LogP contribution in [0.15, 0.2) is 35.0 Å². The standard InChI is InChI=1S/C16H18N2OS/c1-11-9-20-10-15(11)16(19)18(14-5-6-14)8-12-3-2-4-13(17)7-12/h2-4,7,9-10,14H,5-6,8,17H2,1H3. The highest BCUT2D eigenvalue weighted by Gasteiger charge is 2.33. The van der Waals surface area contributed by atoms with Crippen molar-refractivity contribution in [2.24, 2.45) is 0 Å². The van der Waals surface area contributed by atoms with Crippen LogP contribution in [-0.4, -0.2) is 16.8 Å². The zero-order valence-electron chi connectivity index (χ0n) is 11.5. The molecule has 2 N–H and O–H groups in total. The second-order valence-electron chi connectivity index (χ2n) is 5.38. The molecule has 0 bridgehead atoms. The molecule has 3 rings (SSSR count). The van der Waals surface area contributed by atoms with Gasteiger partial charge in [0.25, 0.3) is 5.91 Å². The zero-order valence-corrected chi connectivity index (χ0v) is 12.3. The SMILES string of the molecule is Cc1cscc1C(=O)N(Cc1cccc(N)c1)C1CC1. The molecule has 1 amide bonds. The summed E-state index contributed by atoms with van der Waals surface area (Å²) in [5, 5.41) is 3.98. The molecule has 1 saturated carbocycles. The van der Waals surface area contributed by atoms with Gasteiger partial charge in [0.05, 0.1) is 5.56 Å². The number of carbonyl (C=O) groups excluding carboxylic acids is 1. The van der Waals surface area contributed by atoms with Gasteiger partial charge in [-0.2, -0.15) is 11.3 Å². The molecule has 1 aromatic heterocycles. The summed E-state index contributed by atoms with van der Waals surface area (Å²) in [5.74, 6) is 0.147. The van der Waals surface area contributed by atoms with Crippen molar-refractivity contribution in [3.05, 3.63) is 51.7 Å². The number of benzene rings is 1. The largest absolute Gasteiger partial charge is 0.399 e. The third kappa shape index (κ3) is 2.70. The molecule has 0 unspecified atom stereocenters. The topological polar surface area (TPSA) is 46.3 Å². The van der Waals surface area contributed by atoms with E-state index in [0.29, 0.717) is 12.6 Å². The number of hydrogen-bond acceptors (Lipinski definition) is 3. The maximum Gasteiger partial charge on any atom is 0.255 e. The summed E-state index contributed by atoms with van der Waals surface area (Å²) in [7, 11) is 0. The number of thiophene rings is 1. The Morgan fingerprint density at radius 2 is 2.20 bits per heavy atom. The van der Waals surface area contributed by atoms with Crippen LogP contribution in [0.2, 0.25) is 0 Å². The van der Waals surface area contributed by atoms with Crippen LogP contribution >= 0.6 is 11.3 Å². The predicted octanol–water partition coefficient (Wildman–Crippen LogP) is 3.44. The number of nitrogens with zero attached hydrogens (tertiary/aromatic N) is 1. The third-order valence-electron chi connectivity index (χ3n) is 3.64. The van der Waals surface area contributed by atoms with E-state index in [2.05, 4.69) is 0 Å². The van der Waals surface area contributed by atoms with E-state index in [9.17, 15) is 4.79 Å². The van der Waals surface area contributed by atoms with Crippen molar-refractivity contribution in [1.29, 1.82) is 0 Å². The molecule has 104 valence electrons. The van der Waals surface area contributed by atoms with Gasteiger partial charge in [-0.3, -0.25) is 4.79 Å². The number of nitrogen functional groups attached to an aromatic ring is 1. The Hall–Kier alpha value is -1.81. The van der Waals surface area contributed by atoms with Crippen molar-refractivity contribution in [3.8, 4) is 0 Å². The van der Waals surface area contributed by atoms with Gasteiger partial charge in [-0.25, -0.2) is 0 Å². The van der Waals surface area contributed by atoms with Crippen LogP contribution < -0.4 is 5.73 Å². The maximum atomic E-state index is 12.7. The Kier molecular flexibility index (Phi) is 3.49. The molecule has 1 heterocycles. The Bertz CT molecular complexity index is 631. The van der Waals surface area contributed by atoms with Crippen LogP contribution in [0.25, 0.3) is 0 Å². The predicted molar refractivity (Wildman–Crippen MR) is 82.8 cm³/mol. The van der Waals surface area contributed by atoms with Crippen molar-refractivity contribution in [2.45, 2.75) is 32.4 Å². The Labute approximate surface area is 123 Å². The molecule has 2 aromatic rings. The first-order valence-corrected chi connectivity index (χ1v) is 7.77. The van der Waals surface area contributed by atoms with Gasteiger partial charge in [0.2, 0.25) is 0 Å². The van der Waals surface area contributed by atoms with Gasteiger partial charge in [-0.1, -0.05) is 12.1 Å². The molecular weight excluding hydrogens is 268 g/mol. The molecule has 0 radical (unpaired) electrons. The number of aryl methyl sites for hydroxylation is 1. The first-order chi connectivity index (χ1) is 9.65. The molecule has 1 aliphatic rings. The van der Waals surface area contributed by atoms with Crippen LogP contribution in [0, 0.1) is 6.92 Å². The van der Waals surface area contributed by atoms with Gasteiger partial charge in [-0.05, 0) is 48.4 Å². The minimum atomic E-state index is 0.147. The summed E-state index contributed by atoms with van der Waals surface area (Å²) in [5.41, 5.74) is 9.57. The average Bonchev–Trinajstić information content (AvgIpc) is 3.17. The fourth-order valence-corrected chi connectivity index (χ4v) is 3.20. The molecule has 3 nitrogen and oxygen atoms in total. The quantitative estimate of drug-likeness (QED) is 0.875. The lowest BCUT2D eigenvalue weighted by Crippen LogP contribution is -2.32. The van der Waals surface area contributed by atoms with Gasteiger partial charge in [0, 0.05) is 23.7 Å². The second-order valence-corrected chi connectivity index (χ2v) is 6.12. The molecule has 0 spiro atoms. The minimum Gasteiger partial charge on any atom is -0.399 e. The Morgan fingerprint density at radius 3 is 2.80 bits per heavy atom. The lowest BCUT2D eigenvalue weighted by Gasteiger charge is -2.22. The van der Waals surface area contributed by atoms with E-state index in [1.807, 2.05) is 46.8 Å². The molecule has 0 saturated heterocycles. The fourth-order valence-electron chi connectivity index (χ4n) is 2.38. The van der Waals surface area contributed by atoms with Gasteiger partial charge in [0.1, 0.15) is 0 Å². The van der Waals surface area contributed by atoms with E-state index in [-0.39, 0.29) is 5.91 Å². The minimum absolute atomic E-state index is 0.147. The van der Waals surface area contributed by atoms with Crippen LogP contribution in [-0.2, 0) is 6.54 Å². The Balaban J connectivity index is 1.83. The highest BCUT2D eigenvalue weighted by atomic mass is 32.1. The highest BCUT2D eigenvalue weighted by molar-refractivity contribution is 7.08. The second kappa shape index (κ2) is 5.29. The van der Waals surface area contributed by atoms with Crippen molar-refractivity contribution in [3.63, 3.8) is 0 Å². The molecule has 0 atom stereocenters. The normalized spacial score (nSPS) is 14.2. The van der Waals surface area contributed by atoms with Crippen molar-refractivity contribution in [2.75, 3.05) is 5.73 Å². The van der Waals surface area contributed by atoms with E-state index >= 15 is 0 Å². The van der Waals surface area contributed by atoms with Gasteiger partial charge < -0.3 is 10.6 Å². The molecule has 1 fully saturated rings. The third-order valence-corrected chi connectivity index (χ3v) is 4.50. The number of nitrogens with two attached hydrogens (primary N) is 1. The molecule has 1 aromatic carbocycles. The van der Waals surface area contributed by atoms with Crippen molar-refractivity contribution in [1.82, 2.24) is 4.90 Å². The van der Waals surface area contributed by atoms with Gasteiger partial charge in [-0.15, -0.1) is 0 Å². The fraction of sp³-hybridized carbons (Fsp3) is 0.312. The first-order valence-electron chi connectivity index (χ1n) is 6.83. The number of amides is 1. The van der Waals surface area contributed by atoms with Crippen LogP contribution in [0.1, 0.15) is 34.3 Å². The number of carbonyl (C=O) groups is 1. The van der Waals surface area contributed by atoms with Gasteiger partial charge in [0.15, 0.2) is 0 Å². The summed E-state index contributed by atoms with van der Waals surface area (Å²) in [4.78, 5) is 14.7. The Morgan fingerprint density at radius 1 is 1.40 bits per heavy atom. The highest BCUT2D eigenvalue weighted by Crippen LogP contribution is 2.31. The van der Waals surface area contributed by atoms with Crippen LogP contribution in [0.3, 0.4) is 0 Å². The summed E-state index contributed by atoms with van der Waals surface area (Å²) >= 11 is 1.59. The smallest absolute Gasteiger partial charge is 0.255 e. The maximum absolute atomic E-state index is 12.7. The monoisotopic (exact) mass is 286 g/mol. The van der Waals surface area contributed by atoms with Crippen molar-refractivity contribution >= 4 is 22.9 Å². The van der Waals surface area contributed by atoms with E-state index < -0.39 is 0 Å². The van der Waals surface area contributed by atoms with E-state index in [1.165, 1.54) is 0 Å². The summed E-state index contributed by atoms with van der Waals surface area (Å²) in [6.45, 7) is 2.64. The lowest BCUT2D eigenvalue weighted by molar-refractivity contribution is 0.0730. The molecular formula is C16H18N2OS. The van der Waals surface area contributed by atoms with E-state index in [0.717, 1.165) is 35.2 Å². The number of rotatable bonds is 4. The molecule has 20 heavy (non-hydrogen) atoms. The van der Waals surface area contributed by atoms with E-state index in [4.69, 9.17) is 5.73 Å². The van der Waals surface area contributed by atoms with Crippen LogP contribution in [0.4, 0.5) is 5.69 Å². The van der Waals surface area contributed by atoms with Crippen LogP contribution in [0.5, 0.6) is 0 Å². The first kappa shape index (κ1) is 13.2. The summed E-state index contributed by atoms with van der Waals surface area (Å²) in [6.07, 6.45) is 2.22. The zero-order chi connectivity index (χ0) is 14.1.